The van der Waals surface area contributed by atoms with Gasteiger partial charge in [-0.1, -0.05) is 41.1 Å². The summed E-state index contributed by atoms with van der Waals surface area (Å²) in [6.45, 7) is 3.02. The van der Waals surface area contributed by atoms with Gasteiger partial charge < -0.3 is 4.90 Å². The molecule has 2 aliphatic rings. The molecule has 0 spiro atoms. The van der Waals surface area contributed by atoms with Crippen molar-refractivity contribution in [2.24, 2.45) is 0 Å². The van der Waals surface area contributed by atoms with Crippen LogP contribution in [0.1, 0.15) is 6.42 Å². The van der Waals surface area contributed by atoms with Crippen molar-refractivity contribution < 1.29 is 9.59 Å². The third kappa shape index (κ3) is 3.39. The Morgan fingerprint density at radius 1 is 1.00 bits per heavy atom. The van der Waals surface area contributed by atoms with E-state index in [1.54, 1.807) is 35.6 Å². The van der Waals surface area contributed by atoms with Crippen LogP contribution in [0.4, 0.5) is 10.8 Å². The number of para-hydroxylation sites is 1. The van der Waals surface area contributed by atoms with Crippen molar-refractivity contribution in [3.63, 3.8) is 0 Å². The van der Waals surface area contributed by atoms with Crippen molar-refractivity contribution in [3.8, 4) is 0 Å². The van der Waals surface area contributed by atoms with Crippen LogP contribution in [-0.4, -0.2) is 53.9 Å². The molecule has 5 rings (SSSR count). The van der Waals surface area contributed by atoms with Gasteiger partial charge in [0.2, 0.25) is 5.91 Å². The maximum atomic E-state index is 13.0. The number of hydrogen-bond acceptors (Lipinski definition) is 6. The average Bonchev–Trinajstić information content (AvgIpc) is 3.29. The van der Waals surface area contributed by atoms with Crippen molar-refractivity contribution >= 4 is 55.8 Å². The summed E-state index contributed by atoms with van der Waals surface area (Å²) in [5, 5.41) is 1.52. The quantitative estimate of drug-likeness (QED) is 0.601. The van der Waals surface area contributed by atoms with Gasteiger partial charge in [-0.2, -0.15) is 0 Å². The Hall–Kier alpha value is -2.48. The zero-order chi connectivity index (χ0) is 20.0. The molecule has 0 unspecified atom stereocenters. The van der Waals surface area contributed by atoms with Crippen LogP contribution in [0.3, 0.4) is 0 Å². The van der Waals surface area contributed by atoms with E-state index >= 15 is 0 Å². The lowest BCUT2D eigenvalue weighted by molar-refractivity contribution is -0.123. The van der Waals surface area contributed by atoms with Crippen LogP contribution in [0.2, 0.25) is 5.02 Å². The molecule has 1 atom stereocenters. The van der Waals surface area contributed by atoms with Crippen LogP contribution >= 0.6 is 22.9 Å². The van der Waals surface area contributed by atoms with E-state index in [-0.39, 0.29) is 18.2 Å². The van der Waals surface area contributed by atoms with E-state index in [0.717, 1.165) is 36.8 Å². The molecule has 0 aliphatic carbocycles. The minimum atomic E-state index is -0.404. The maximum Gasteiger partial charge on any atom is 0.251 e. The molecule has 2 aliphatic heterocycles. The first-order valence-electron chi connectivity index (χ1n) is 9.57. The van der Waals surface area contributed by atoms with Crippen LogP contribution < -0.4 is 9.80 Å². The number of nitrogens with zero attached hydrogens (tertiary/aromatic N) is 4. The summed E-state index contributed by atoms with van der Waals surface area (Å²) in [5.74, 6) is -0.332. The number of benzene rings is 2. The Labute approximate surface area is 177 Å². The molecule has 2 saturated heterocycles. The molecule has 29 heavy (non-hydrogen) atoms. The summed E-state index contributed by atoms with van der Waals surface area (Å²) in [7, 11) is 0. The van der Waals surface area contributed by atoms with Gasteiger partial charge in [-0.05, 0) is 30.3 Å². The molecule has 6 nitrogen and oxygen atoms in total. The molecule has 0 bridgehead atoms. The monoisotopic (exact) mass is 426 g/mol. The summed E-state index contributed by atoms with van der Waals surface area (Å²) in [6, 6.07) is 14.6. The molecule has 148 valence electrons. The Morgan fingerprint density at radius 3 is 2.55 bits per heavy atom. The number of hydrogen-bond donors (Lipinski definition) is 0. The van der Waals surface area contributed by atoms with E-state index in [1.165, 1.54) is 9.60 Å². The molecular weight excluding hydrogens is 408 g/mol. The van der Waals surface area contributed by atoms with Gasteiger partial charge in [0.25, 0.3) is 5.91 Å². The number of anilines is 2. The maximum absolute atomic E-state index is 13.0. The van der Waals surface area contributed by atoms with Gasteiger partial charge in [0.15, 0.2) is 5.13 Å². The second kappa shape index (κ2) is 7.40. The molecule has 0 N–H and O–H groups in total. The Morgan fingerprint density at radius 2 is 1.79 bits per heavy atom. The van der Waals surface area contributed by atoms with Crippen LogP contribution in [0.15, 0.2) is 48.5 Å². The summed E-state index contributed by atoms with van der Waals surface area (Å²) in [5.41, 5.74) is 1.56. The SMILES string of the molecule is O=C1C[C@@H](N2CCN(c3nc4ccccc4s3)CC2)C(=O)N1c1cccc(Cl)c1. The van der Waals surface area contributed by atoms with Gasteiger partial charge in [-0.3, -0.25) is 14.5 Å². The first-order valence-corrected chi connectivity index (χ1v) is 10.8. The van der Waals surface area contributed by atoms with Gasteiger partial charge in [0.05, 0.1) is 28.4 Å². The Balaban J connectivity index is 1.28. The minimum Gasteiger partial charge on any atom is -0.345 e. The lowest BCUT2D eigenvalue weighted by Crippen LogP contribution is -2.52. The average molecular weight is 427 g/mol. The number of amides is 2. The highest BCUT2D eigenvalue weighted by Crippen LogP contribution is 2.31. The number of carbonyl (C=O) groups excluding carboxylic acids is 2. The van der Waals surface area contributed by atoms with E-state index in [9.17, 15) is 9.59 Å². The van der Waals surface area contributed by atoms with E-state index in [2.05, 4.69) is 15.9 Å². The molecule has 3 aromatic rings. The molecule has 2 amide bonds. The molecule has 3 heterocycles. The second-order valence-electron chi connectivity index (χ2n) is 7.25. The highest BCUT2D eigenvalue weighted by atomic mass is 35.5. The van der Waals surface area contributed by atoms with Crippen molar-refractivity contribution in [1.82, 2.24) is 9.88 Å². The largest absolute Gasteiger partial charge is 0.345 e. The minimum absolute atomic E-state index is 0.161. The van der Waals surface area contributed by atoms with Gasteiger partial charge in [-0.15, -0.1) is 0 Å². The molecule has 2 fully saturated rings. The van der Waals surface area contributed by atoms with E-state index in [0.29, 0.717) is 10.7 Å². The topological polar surface area (TPSA) is 56.8 Å². The summed E-state index contributed by atoms with van der Waals surface area (Å²) >= 11 is 7.73. The summed E-state index contributed by atoms with van der Waals surface area (Å²) < 4.78 is 1.18. The van der Waals surface area contributed by atoms with Crippen molar-refractivity contribution in [1.29, 1.82) is 0 Å². The lowest BCUT2D eigenvalue weighted by atomic mass is 10.2. The molecular formula is C21H19ClN4O2S. The number of fused-ring (bicyclic) bond motifs is 1. The lowest BCUT2D eigenvalue weighted by Gasteiger charge is -2.36. The Kier molecular flexibility index (Phi) is 4.73. The van der Waals surface area contributed by atoms with Crippen molar-refractivity contribution in [3.05, 3.63) is 53.6 Å². The highest BCUT2D eigenvalue weighted by molar-refractivity contribution is 7.22. The fraction of sp³-hybridized carbons (Fsp3) is 0.286. The second-order valence-corrected chi connectivity index (χ2v) is 8.70. The standard InChI is InChI=1S/C21H19ClN4O2S/c22-14-4-3-5-15(12-14)26-19(27)13-17(20(26)28)24-8-10-25(11-9-24)21-23-16-6-1-2-7-18(16)29-21/h1-7,12,17H,8-11,13H2/t17-/m1/s1. The van der Waals surface area contributed by atoms with Crippen molar-refractivity contribution in [2.45, 2.75) is 12.5 Å². The van der Waals surface area contributed by atoms with E-state index < -0.39 is 6.04 Å². The number of aromatic nitrogens is 1. The molecule has 8 heteroatoms. The van der Waals surface area contributed by atoms with Crippen LogP contribution in [0, 0.1) is 0 Å². The number of piperazine rings is 1. The third-order valence-corrected chi connectivity index (χ3v) is 6.83. The zero-order valence-corrected chi connectivity index (χ0v) is 17.2. The fourth-order valence-corrected chi connectivity index (χ4v) is 5.21. The smallest absolute Gasteiger partial charge is 0.251 e. The fourth-order valence-electron chi connectivity index (χ4n) is 4.01. The van der Waals surface area contributed by atoms with Gasteiger partial charge in [-0.25, -0.2) is 9.88 Å². The predicted octanol–water partition coefficient (Wildman–Crippen LogP) is 3.40. The van der Waals surface area contributed by atoms with Crippen molar-refractivity contribution in [2.75, 3.05) is 36.0 Å². The first-order chi connectivity index (χ1) is 14.1. The number of halogens is 1. The van der Waals surface area contributed by atoms with Gasteiger partial charge >= 0.3 is 0 Å². The number of carbonyl (C=O) groups is 2. The van der Waals surface area contributed by atoms with Crippen LogP contribution in [0.5, 0.6) is 0 Å². The molecule has 0 radical (unpaired) electrons. The summed E-state index contributed by atoms with van der Waals surface area (Å²) in [6.07, 6.45) is 0.215. The molecule has 1 aromatic heterocycles. The van der Waals surface area contributed by atoms with E-state index in [1.807, 2.05) is 18.2 Å². The van der Waals surface area contributed by atoms with E-state index in [4.69, 9.17) is 16.6 Å². The number of thiazole rings is 1. The predicted molar refractivity (Wildman–Crippen MR) is 116 cm³/mol. The summed E-state index contributed by atoms with van der Waals surface area (Å²) in [4.78, 5) is 35.9. The number of imide groups is 1. The van der Waals surface area contributed by atoms with Gasteiger partial charge in [0, 0.05) is 31.2 Å². The number of rotatable bonds is 3. The van der Waals surface area contributed by atoms with Crippen LogP contribution in [-0.2, 0) is 9.59 Å². The highest BCUT2D eigenvalue weighted by Gasteiger charge is 2.43. The first kappa shape index (κ1) is 18.5. The normalized spacial score (nSPS) is 20.8. The third-order valence-electron chi connectivity index (χ3n) is 5.50. The molecule has 0 saturated carbocycles. The Bertz CT molecular complexity index is 1060. The zero-order valence-electron chi connectivity index (χ0n) is 15.6. The van der Waals surface area contributed by atoms with Crippen LogP contribution in [0.25, 0.3) is 10.2 Å². The van der Waals surface area contributed by atoms with Gasteiger partial charge in [0.1, 0.15) is 0 Å². The molecule has 2 aromatic carbocycles.